The molecule has 1 aromatic rings. The SMILES string of the molecule is COc1ccccc1CNC(=O)CN1CC(O)(C2CC2)C1. The highest BCUT2D eigenvalue weighted by Gasteiger charge is 2.51. The van der Waals surface area contributed by atoms with Crippen LogP contribution in [0.4, 0.5) is 0 Å². The van der Waals surface area contributed by atoms with E-state index in [-0.39, 0.29) is 5.91 Å². The van der Waals surface area contributed by atoms with Gasteiger partial charge in [-0.15, -0.1) is 0 Å². The molecule has 2 aliphatic rings. The first-order valence-corrected chi connectivity index (χ1v) is 7.44. The molecule has 21 heavy (non-hydrogen) atoms. The summed E-state index contributed by atoms with van der Waals surface area (Å²) in [5.41, 5.74) is 0.439. The molecule has 114 valence electrons. The van der Waals surface area contributed by atoms with E-state index in [0.29, 0.717) is 32.1 Å². The molecule has 0 unspecified atom stereocenters. The van der Waals surface area contributed by atoms with Crippen LogP contribution in [-0.2, 0) is 11.3 Å². The van der Waals surface area contributed by atoms with Crippen molar-refractivity contribution in [2.75, 3.05) is 26.7 Å². The van der Waals surface area contributed by atoms with Crippen LogP contribution in [0.5, 0.6) is 5.75 Å². The second kappa shape index (κ2) is 5.66. The summed E-state index contributed by atoms with van der Waals surface area (Å²) in [6.07, 6.45) is 2.26. The van der Waals surface area contributed by atoms with Crippen LogP contribution in [0.2, 0.25) is 0 Å². The normalized spacial score (nSPS) is 20.7. The van der Waals surface area contributed by atoms with Gasteiger partial charge < -0.3 is 15.2 Å². The predicted molar refractivity (Wildman–Crippen MR) is 79.0 cm³/mol. The number of benzene rings is 1. The number of carbonyl (C=O) groups is 1. The summed E-state index contributed by atoms with van der Waals surface area (Å²) < 4.78 is 5.26. The zero-order valence-electron chi connectivity index (χ0n) is 12.3. The van der Waals surface area contributed by atoms with Crippen molar-refractivity contribution in [2.24, 2.45) is 5.92 Å². The van der Waals surface area contributed by atoms with Crippen LogP contribution in [0.1, 0.15) is 18.4 Å². The molecule has 2 fully saturated rings. The topological polar surface area (TPSA) is 61.8 Å². The fourth-order valence-corrected chi connectivity index (χ4v) is 3.02. The molecule has 3 rings (SSSR count). The third-order valence-corrected chi connectivity index (χ3v) is 4.37. The summed E-state index contributed by atoms with van der Waals surface area (Å²) in [5, 5.41) is 13.1. The van der Waals surface area contributed by atoms with Gasteiger partial charge in [-0.3, -0.25) is 9.69 Å². The number of likely N-dealkylation sites (tertiary alicyclic amines) is 1. The van der Waals surface area contributed by atoms with E-state index in [0.717, 1.165) is 24.2 Å². The van der Waals surface area contributed by atoms with Gasteiger partial charge in [0, 0.05) is 25.2 Å². The van der Waals surface area contributed by atoms with E-state index >= 15 is 0 Å². The largest absolute Gasteiger partial charge is 0.496 e. The van der Waals surface area contributed by atoms with Gasteiger partial charge >= 0.3 is 0 Å². The van der Waals surface area contributed by atoms with Crippen molar-refractivity contribution in [3.63, 3.8) is 0 Å². The average Bonchev–Trinajstić information content (AvgIpc) is 3.28. The zero-order chi connectivity index (χ0) is 14.9. The average molecular weight is 290 g/mol. The molecule has 1 amide bonds. The van der Waals surface area contributed by atoms with Crippen molar-refractivity contribution in [3.05, 3.63) is 29.8 Å². The summed E-state index contributed by atoms with van der Waals surface area (Å²) in [6, 6.07) is 7.65. The number of carbonyl (C=O) groups excluding carboxylic acids is 1. The number of hydrogen-bond donors (Lipinski definition) is 2. The molecule has 1 aliphatic carbocycles. The number of amides is 1. The van der Waals surface area contributed by atoms with Crippen molar-refractivity contribution in [2.45, 2.75) is 25.0 Å². The Bertz CT molecular complexity index is 522. The van der Waals surface area contributed by atoms with Crippen LogP contribution < -0.4 is 10.1 Å². The van der Waals surface area contributed by atoms with E-state index < -0.39 is 5.60 Å². The summed E-state index contributed by atoms with van der Waals surface area (Å²) in [4.78, 5) is 13.9. The highest BCUT2D eigenvalue weighted by molar-refractivity contribution is 5.78. The van der Waals surface area contributed by atoms with Gasteiger partial charge in [-0.05, 0) is 24.8 Å². The van der Waals surface area contributed by atoms with Crippen LogP contribution >= 0.6 is 0 Å². The molecule has 5 nitrogen and oxygen atoms in total. The lowest BCUT2D eigenvalue weighted by Gasteiger charge is -2.46. The van der Waals surface area contributed by atoms with Crippen molar-refractivity contribution in [3.8, 4) is 5.75 Å². The Morgan fingerprint density at radius 3 is 2.81 bits per heavy atom. The first kappa shape index (κ1) is 14.4. The maximum absolute atomic E-state index is 11.9. The molecule has 5 heteroatoms. The number of para-hydroxylation sites is 1. The van der Waals surface area contributed by atoms with E-state index in [1.54, 1.807) is 7.11 Å². The van der Waals surface area contributed by atoms with E-state index in [4.69, 9.17) is 4.74 Å². The molecule has 1 saturated heterocycles. The fourth-order valence-electron chi connectivity index (χ4n) is 3.02. The molecule has 0 aromatic heterocycles. The summed E-state index contributed by atoms with van der Waals surface area (Å²) in [7, 11) is 1.62. The molecule has 0 bridgehead atoms. The first-order chi connectivity index (χ1) is 10.1. The Morgan fingerprint density at radius 1 is 1.43 bits per heavy atom. The van der Waals surface area contributed by atoms with Gasteiger partial charge in [0.2, 0.25) is 5.91 Å². The molecule has 1 saturated carbocycles. The number of hydrogen-bond acceptors (Lipinski definition) is 4. The Balaban J connectivity index is 1.43. The number of ether oxygens (including phenoxy) is 1. The quantitative estimate of drug-likeness (QED) is 0.812. The van der Waals surface area contributed by atoms with Gasteiger partial charge in [0.15, 0.2) is 0 Å². The lowest BCUT2D eigenvalue weighted by atomic mass is 9.89. The smallest absolute Gasteiger partial charge is 0.234 e. The maximum atomic E-state index is 11.9. The number of methoxy groups -OCH3 is 1. The number of aliphatic hydroxyl groups is 1. The summed E-state index contributed by atoms with van der Waals surface area (Å²) >= 11 is 0. The lowest BCUT2D eigenvalue weighted by Crippen LogP contribution is -2.64. The van der Waals surface area contributed by atoms with E-state index in [1.165, 1.54) is 0 Å². The summed E-state index contributed by atoms with van der Waals surface area (Å²) in [6.45, 7) is 2.06. The van der Waals surface area contributed by atoms with Crippen LogP contribution in [0.3, 0.4) is 0 Å². The number of nitrogens with one attached hydrogen (secondary N) is 1. The van der Waals surface area contributed by atoms with Crippen LogP contribution in [-0.4, -0.2) is 48.3 Å². The molecule has 2 N–H and O–H groups in total. The van der Waals surface area contributed by atoms with Gasteiger partial charge in [-0.25, -0.2) is 0 Å². The van der Waals surface area contributed by atoms with Crippen molar-refractivity contribution < 1.29 is 14.6 Å². The second-order valence-corrected chi connectivity index (χ2v) is 6.11. The third-order valence-electron chi connectivity index (χ3n) is 4.37. The number of β-amino-alcohol motifs (C(OH)–C–C–N with tert-alkyl or cyclic N) is 1. The maximum Gasteiger partial charge on any atom is 0.234 e. The van der Waals surface area contributed by atoms with Gasteiger partial charge in [0.05, 0.1) is 19.3 Å². The van der Waals surface area contributed by atoms with Gasteiger partial charge in [0.1, 0.15) is 5.75 Å². The lowest BCUT2D eigenvalue weighted by molar-refractivity contribution is -0.136. The highest BCUT2D eigenvalue weighted by Crippen LogP contribution is 2.44. The van der Waals surface area contributed by atoms with E-state index in [9.17, 15) is 9.90 Å². The van der Waals surface area contributed by atoms with Crippen LogP contribution in [0, 0.1) is 5.92 Å². The van der Waals surface area contributed by atoms with Gasteiger partial charge in [-0.2, -0.15) is 0 Å². The molecule has 0 radical (unpaired) electrons. The second-order valence-electron chi connectivity index (χ2n) is 6.11. The Labute approximate surface area is 124 Å². The molecule has 1 aliphatic heterocycles. The van der Waals surface area contributed by atoms with Crippen LogP contribution in [0.25, 0.3) is 0 Å². The number of rotatable bonds is 6. The first-order valence-electron chi connectivity index (χ1n) is 7.44. The standard InChI is InChI=1S/C16H22N2O3/c1-21-14-5-3-2-4-12(14)8-17-15(19)9-18-10-16(20,11-18)13-6-7-13/h2-5,13,20H,6-11H2,1H3,(H,17,19). The highest BCUT2D eigenvalue weighted by atomic mass is 16.5. The summed E-state index contributed by atoms with van der Waals surface area (Å²) in [5.74, 6) is 1.23. The fraction of sp³-hybridized carbons (Fsp3) is 0.562. The third kappa shape index (κ3) is 3.19. The van der Waals surface area contributed by atoms with Gasteiger partial charge in [0.25, 0.3) is 0 Å². The van der Waals surface area contributed by atoms with Crippen LogP contribution in [0.15, 0.2) is 24.3 Å². The van der Waals surface area contributed by atoms with Crippen molar-refractivity contribution in [1.29, 1.82) is 0 Å². The molecular weight excluding hydrogens is 268 g/mol. The molecule has 0 atom stereocenters. The predicted octanol–water partition coefficient (Wildman–Crippen LogP) is 0.768. The monoisotopic (exact) mass is 290 g/mol. The molecule has 0 spiro atoms. The van der Waals surface area contributed by atoms with Gasteiger partial charge in [-0.1, -0.05) is 18.2 Å². The Hall–Kier alpha value is -1.59. The van der Waals surface area contributed by atoms with E-state index in [2.05, 4.69) is 5.32 Å². The Morgan fingerprint density at radius 2 is 2.14 bits per heavy atom. The van der Waals surface area contributed by atoms with Crippen molar-refractivity contribution in [1.82, 2.24) is 10.2 Å². The van der Waals surface area contributed by atoms with Crippen molar-refractivity contribution >= 4 is 5.91 Å². The molecule has 1 heterocycles. The minimum atomic E-state index is -0.525. The van der Waals surface area contributed by atoms with E-state index in [1.807, 2.05) is 29.2 Å². The zero-order valence-corrected chi connectivity index (χ0v) is 12.3. The Kier molecular flexibility index (Phi) is 3.87. The molecule has 1 aromatic carbocycles. The minimum absolute atomic E-state index is 0.0150. The number of nitrogens with zero attached hydrogens (tertiary/aromatic N) is 1. The minimum Gasteiger partial charge on any atom is -0.496 e. The molecular formula is C16H22N2O3.